The van der Waals surface area contributed by atoms with E-state index in [4.69, 9.17) is 14.2 Å². The van der Waals surface area contributed by atoms with Crippen LogP contribution in [0.3, 0.4) is 0 Å². The molecule has 2 aliphatic heterocycles. The molecule has 0 aromatic carbocycles. The Balaban J connectivity index is 2.01. The van der Waals surface area contributed by atoms with Crippen molar-refractivity contribution in [1.82, 2.24) is 0 Å². The molecule has 0 bridgehead atoms. The van der Waals surface area contributed by atoms with Crippen LogP contribution in [0.5, 0.6) is 0 Å². The SMILES string of the molecule is O[C@H]1CO[C@@H]2COCO[C@@H]12. The van der Waals surface area contributed by atoms with E-state index < -0.39 is 6.10 Å². The molecule has 0 unspecified atom stereocenters. The molecule has 4 heteroatoms. The summed E-state index contributed by atoms with van der Waals surface area (Å²) in [5, 5.41) is 9.22. The molecule has 0 aromatic rings. The Morgan fingerprint density at radius 2 is 2.10 bits per heavy atom. The van der Waals surface area contributed by atoms with E-state index in [9.17, 15) is 5.11 Å². The van der Waals surface area contributed by atoms with Crippen LogP contribution in [-0.2, 0) is 14.2 Å². The Labute approximate surface area is 58.7 Å². The first kappa shape index (κ1) is 6.54. The van der Waals surface area contributed by atoms with E-state index in [1.807, 2.05) is 0 Å². The summed E-state index contributed by atoms with van der Waals surface area (Å²) in [6.45, 7) is 1.20. The van der Waals surface area contributed by atoms with Crippen molar-refractivity contribution < 1.29 is 19.3 Å². The molecule has 0 aromatic heterocycles. The molecule has 0 radical (unpaired) electrons. The van der Waals surface area contributed by atoms with Crippen LogP contribution in [0.1, 0.15) is 0 Å². The number of fused-ring (bicyclic) bond motifs is 1. The van der Waals surface area contributed by atoms with Gasteiger partial charge in [0.1, 0.15) is 25.1 Å². The number of rotatable bonds is 0. The van der Waals surface area contributed by atoms with Gasteiger partial charge in [0.2, 0.25) is 0 Å². The zero-order chi connectivity index (χ0) is 6.97. The maximum absolute atomic E-state index is 9.22. The average molecular weight is 146 g/mol. The van der Waals surface area contributed by atoms with Crippen molar-refractivity contribution in [2.24, 2.45) is 0 Å². The second-order valence-electron chi connectivity index (χ2n) is 2.56. The van der Waals surface area contributed by atoms with Crippen molar-refractivity contribution in [3.63, 3.8) is 0 Å². The molecule has 0 saturated carbocycles. The molecule has 1 N–H and O–H groups in total. The fraction of sp³-hybridized carbons (Fsp3) is 1.00. The molecule has 0 spiro atoms. The summed E-state index contributed by atoms with van der Waals surface area (Å²) >= 11 is 0. The van der Waals surface area contributed by atoms with Crippen LogP contribution < -0.4 is 0 Å². The predicted octanol–water partition coefficient (Wildman–Crippen LogP) is -0.881. The van der Waals surface area contributed by atoms with Crippen molar-refractivity contribution in [3.05, 3.63) is 0 Å². The van der Waals surface area contributed by atoms with Crippen molar-refractivity contribution in [2.45, 2.75) is 18.3 Å². The standard InChI is InChI=1S/C6H10O4/c7-4-1-9-5-2-8-3-10-6(4)5/h4-7H,1-3H2/t4-,5+,6-/m0/s1. The molecule has 2 fully saturated rings. The van der Waals surface area contributed by atoms with Crippen LogP contribution >= 0.6 is 0 Å². The van der Waals surface area contributed by atoms with E-state index in [1.165, 1.54) is 0 Å². The predicted molar refractivity (Wildman–Crippen MR) is 31.4 cm³/mol. The first-order valence-corrected chi connectivity index (χ1v) is 3.37. The highest BCUT2D eigenvalue weighted by atomic mass is 16.7. The number of hydrogen-bond donors (Lipinski definition) is 1. The van der Waals surface area contributed by atoms with Gasteiger partial charge in [-0.25, -0.2) is 0 Å². The molecule has 10 heavy (non-hydrogen) atoms. The minimum absolute atomic E-state index is 0.0521. The highest BCUT2D eigenvalue weighted by Crippen LogP contribution is 2.21. The summed E-state index contributed by atoms with van der Waals surface area (Å²) in [5.41, 5.74) is 0. The summed E-state index contributed by atoms with van der Waals surface area (Å²) in [5.74, 6) is 0. The zero-order valence-corrected chi connectivity index (χ0v) is 5.53. The Hall–Kier alpha value is -0.160. The van der Waals surface area contributed by atoms with E-state index >= 15 is 0 Å². The van der Waals surface area contributed by atoms with E-state index in [0.29, 0.717) is 13.2 Å². The van der Waals surface area contributed by atoms with Gasteiger partial charge in [0.05, 0.1) is 13.2 Å². The quantitative estimate of drug-likeness (QED) is 0.482. The average Bonchev–Trinajstić information content (AvgIpc) is 2.34. The lowest BCUT2D eigenvalue weighted by Crippen LogP contribution is -2.40. The number of hydrogen-bond acceptors (Lipinski definition) is 4. The minimum atomic E-state index is -0.464. The molecule has 2 heterocycles. The Kier molecular flexibility index (Phi) is 1.61. The molecule has 2 saturated heterocycles. The fourth-order valence-electron chi connectivity index (χ4n) is 1.31. The van der Waals surface area contributed by atoms with E-state index in [2.05, 4.69) is 0 Å². The van der Waals surface area contributed by atoms with Crippen LogP contribution in [0.2, 0.25) is 0 Å². The van der Waals surface area contributed by atoms with Crippen LogP contribution in [0.25, 0.3) is 0 Å². The van der Waals surface area contributed by atoms with Gasteiger partial charge in [-0.2, -0.15) is 0 Å². The van der Waals surface area contributed by atoms with E-state index in [0.717, 1.165) is 0 Å². The van der Waals surface area contributed by atoms with Gasteiger partial charge in [0.15, 0.2) is 0 Å². The summed E-state index contributed by atoms with van der Waals surface area (Å²) in [6.07, 6.45) is -0.675. The smallest absolute Gasteiger partial charge is 0.147 e. The first-order chi connectivity index (χ1) is 4.88. The van der Waals surface area contributed by atoms with Crippen LogP contribution in [0.4, 0.5) is 0 Å². The van der Waals surface area contributed by atoms with Gasteiger partial charge < -0.3 is 19.3 Å². The van der Waals surface area contributed by atoms with Crippen LogP contribution in [0, 0.1) is 0 Å². The highest BCUT2D eigenvalue weighted by Gasteiger charge is 2.39. The monoisotopic (exact) mass is 146 g/mol. The number of aliphatic hydroxyl groups is 1. The van der Waals surface area contributed by atoms with Gasteiger partial charge in [-0.1, -0.05) is 0 Å². The molecule has 2 rings (SSSR count). The summed E-state index contributed by atoms with van der Waals surface area (Å²) in [7, 11) is 0. The first-order valence-electron chi connectivity index (χ1n) is 3.37. The third-order valence-electron chi connectivity index (χ3n) is 1.85. The highest BCUT2D eigenvalue weighted by molar-refractivity contribution is 4.85. The van der Waals surface area contributed by atoms with Gasteiger partial charge in [0.25, 0.3) is 0 Å². The van der Waals surface area contributed by atoms with E-state index in [-0.39, 0.29) is 19.0 Å². The minimum Gasteiger partial charge on any atom is -0.388 e. The summed E-state index contributed by atoms with van der Waals surface area (Å²) in [6, 6.07) is 0. The fourth-order valence-corrected chi connectivity index (χ4v) is 1.31. The summed E-state index contributed by atoms with van der Waals surface area (Å²) in [4.78, 5) is 0. The van der Waals surface area contributed by atoms with Crippen molar-refractivity contribution in [1.29, 1.82) is 0 Å². The summed E-state index contributed by atoms with van der Waals surface area (Å²) < 4.78 is 15.3. The van der Waals surface area contributed by atoms with Crippen molar-refractivity contribution in [3.8, 4) is 0 Å². The lowest BCUT2D eigenvalue weighted by Gasteiger charge is -2.25. The molecular weight excluding hydrogens is 136 g/mol. The van der Waals surface area contributed by atoms with E-state index in [1.54, 1.807) is 0 Å². The number of aliphatic hydroxyl groups excluding tert-OH is 1. The van der Waals surface area contributed by atoms with Gasteiger partial charge in [0, 0.05) is 0 Å². The lowest BCUT2D eigenvalue weighted by molar-refractivity contribution is -0.187. The normalized spacial score (nSPS) is 47.1. The third-order valence-corrected chi connectivity index (χ3v) is 1.85. The Morgan fingerprint density at radius 3 is 2.90 bits per heavy atom. The zero-order valence-electron chi connectivity index (χ0n) is 5.53. The Morgan fingerprint density at radius 1 is 1.20 bits per heavy atom. The molecule has 0 amide bonds. The molecule has 58 valence electrons. The number of ether oxygens (including phenoxy) is 3. The van der Waals surface area contributed by atoms with Gasteiger partial charge >= 0.3 is 0 Å². The third kappa shape index (κ3) is 0.932. The lowest BCUT2D eigenvalue weighted by atomic mass is 10.1. The van der Waals surface area contributed by atoms with Gasteiger partial charge in [-0.05, 0) is 0 Å². The topological polar surface area (TPSA) is 47.9 Å². The molecule has 4 nitrogen and oxygen atoms in total. The molecule has 3 atom stereocenters. The molecule has 0 aliphatic carbocycles. The Bertz CT molecular complexity index is 125. The maximum Gasteiger partial charge on any atom is 0.147 e. The van der Waals surface area contributed by atoms with Crippen molar-refractivity contribution in [2.75, 3.05) is 20.0 Å². The van der Waals surface area contributed by atoms with Gasteiger partial charge in [-0.3, -0.25) is 0 Å². The molecular formula is C6H10O4. The van der Waals surface area contributed by atoms with Gasteiger partial charge in [-0.15, -0.1) is 0 Å². The second-order valence-corrected chi connectivity index (χ2v) is 2.56. The molecule has 2 aliphatic rings. The largest absolute Gasteiger partial charge is 0.388 e. The van der Waals surface area contributed by atoms with Crippen LogP contribution in [0.15, 0.2) is 0 Å². The maximum atomic E-state index is 9.22. The van der Waals surface area contributed by atoms with Crippen molar-refractivity contribution >= 4 is 0 Å². The second kappa shape index (κ2) is 2.47. The van der Waals surface area contributed by atoms with Crippen LogP contribution in [-0.4, -0.2) is 43.4 Å².